The molecule has 0 spiro atoms. The summed E-state index contributed by atoms with van der Waals surface area (Å²) in [5.74, 6) is 0.684. The summed E-state index contributed by atoms with van der Waals surface area (Å²) in [5.41, 5.74) is 0.984. The Morgan fingerprint density at radius 1 is 1.36 bits per heavy atom. The fraction of sp³-hybridized carbons (Fsp3) is 0.353. The van der Waals surface area contributed by atoms with Crippen molar-refractivity contribution in [3.63, 3.8) is 0 Å². The molecule has 3 rings (SSSR count). The molecule has 2 aromatic carbocycles. The average Bonchev–Trinajstić information content (AvgIpc) is 2.60. The molecule has 1 fully saturated rings. The third-order valence-electron chi connectivity index (χ3n) is 3.88. The maximum atomic E-state index is 12.2. The lowest BCUT2D eigenvalue weighted by atomic mass is 10.0. The Labute approximate surface area is 129 Å². The lowest BCUT2D eigenvalue weighted by molar-refractivity contribution is -0.134. The molecule has 1 aliphatic rings. The number of benzene rings is 2. The molecule has 2 aromatic rings. The van der Waals surface area contributed by atoms with Crippen LogP contribution >= 0.6 is 0 Å². The van der Waals surface area contributed by atoms with Gasteiger partial charge in [-0.3, -0.25) is 4.79 Å². The van der Waals surface area contributed by atoms with Crippen LogP contribution in [0, 0.1) is 0 Å². The first-order valence-corrected chi connectivity index (χ1v) is 7.44. The van der Waals surface area contributed by atoms with Crippen LogP contribution in [0.15, 0.2) is 36.4 Å². The van der Waals surface area contributed by atoms with Crippen LogP contribution in [0.3, 0.4) is 0 Å². The number of ether oxygens (including phenoxy) is 2. The summed E-state index contributed by atoms with van der Waals surface area (Å²) in [6, 6.07) is 12.0. The lowest BCUT2D eigenvalue weighted by Crippen LogP contribution is -2.47. The van der Waals surface area contributed by atoms with E-state index < -0.39 is 6.10 Å². The van der Waals surface area contributed by atoms with Gasteiger partial charge in [-0.2, -0.15) is 0 Å². The first-order valence-electron chi connectivity index (χ1n) is 7.44. The van der Waals surface area contributed by atoms with E-state index in [4.69, 9.17) is 9.47 Å². The van der Waals surface area contributed by atoms with Crippen molar-refractivity contribution in [1.29, 1.82) is 0 Å². The van der Waals surface area contributed by atoms with Crippen molar-refractivity contribution in [2.75, 3.05) is 26.8 Å². The molecule has 0 bridgehead atoms. The highest BCUT2D eigenvalue weighted by Gasteiger charge is 2.21. The van der Waals surface area contributed by atoms with Gasteiger partial charge in [0.2, 0.25) is 0 Å². The van der Waals surface area contributed by atoms with Crippen LogP contribution in [-0.2, 0) is 16.1 Å². The highest BCUT2D eigenvalue weighted by molar-refractivity contribution is 5.88. The van der Waals surface area contributed by atoms with Gasteiger partial charge in [0.05, 0.1) is 13.7 Å². The largest absolute Gasteiger partial charge is 0.496 e. The molecule has 1 amide bonds. The van der Waals surface area contributed by atoms with Crippen molar-refractivity contribution in [2.45, 2.75) is 12.6 Å². The van der Waals surface area contributed by atoms with Gasteiger partial charge in [-0.1, -0.05) is 30.3 Å². The molecule has 0 aliphatic carbocycles. The minimum absolute atomic E-state index is 0.0952. The van der Waals surface area contributed by atoms with E-state index in [2.05, 4.69) is 10.6 Å². The quantitative estimate of drug-likeness (QED) is 0.897. The van der Waals surface area contributed by atoms with Crippen molar-refractivity contribution in [2.24, 2.45) is 0 Å². The number of carbonyl (C=O) groups excluding carboxylic acids is 1. The van der Waals surface area contributed by atoms with Gasteiger partial charge in [0.1, 0.15) is 11.9 Å². The van der Waals surface area contributed by atoms with E-state index in [1.54, 1.807) is 7.11 Å². The maximum Gasteiger partial charge on any atom is 0.250 e. The zero-order chi connectivity index (χ0) is 15.4. The SMILES string of the molecule is COc1ccc2ccccc2c1CNC(=O)C1CNCCO1. The fourth-order valence-electron chi connectivity index (χ4n) is 2.71. The average molecular weight is 300 g/mol. The summed E-state index contributed by atoms with van der Waals surface area (Å²) < 4.78 is 10.9. The number of fused-ring (bicyclic) bond motifs is 1. The van der Waals surface area contributed by atoms with Crippen LogP contribution in [0.1, 0.15) is 5.56 Å². The molecule has 1 unspecified atom stereocenters. The summed E-state index contributed by atoms with van der Waals surface area (Å²) in [7, 11) is 1.64. The van der Waals surface area contributed by atoms with Gasteiger partial charge >= 0.3 is 0 Å². The molecular formula is C17H20N2O3. The molecule has 1 aliphatic heterocycles. The van der Waals surface area contributed by atoms with E-state index in [0.717, 1.165) is 28.6 Å². The number of nitrogens with one attached hydrogen (secondary N) is 2. The summed E-state index contributed by atoms with van der Waals surface area (Å²) in [5, 5.41) is 8.32. The number of amides is 1. The molecule has 0 saturated carbocycles. The first-order chi connectivity index (χ1) is 10.8. The number of morpholine rings is 1. The molecule has 1 heterocycles. The molecule has 5 nitrogen and oxygen atoms in total. The van der Waals surface area contributed by atoms with E-state index in [9.17, 15) is 4.79 Å². The smallest absolute Gasteiger partial charge is 0.250 e. The van der Waals surface area contributed by atoms with Crippen molar-refractivity contribution in [1.82, 2.24) is 10.6 Å². The molecule has 1 saturated heterocycles. The van der Waals surface area contributed by atoms with Crippen LogP contribution in [0.25, 0.3) is 10.8 Å². The maximum absolute atomic E-state index is 12.2. The van der Waals surface area contributed by atoms with E-state index in [0.29, 0.717) is 19.7 Å². The Morgan fingerprint density at radius 2 is 2.23 bits per heavy atom. The van der Waals surface area contributed by atoms with Gasteiger partial charge < -0.3 is 20.1 Å². The Bertz CT molecular complexity index is 666. The minimum atomic E-state index is -0.422. The van der Waals surface area contributed by atoms with Gasteiger partial charge in [-0.25, -0.2) is 0 Å². The molecular weight excluding hydrogens is 280 g/mol. The molecule has 2 N–H and O–H groups in total. The van der Waals surface area contributed by atoms with Crippen LogP contribution in [0.2, 0.25) is 0 Å². The highest BCUT2D eigenvalue weighted by Crippen LogP contribution is 2.27. The summed E-state index contributed by atoms with van der Waals surface area (Å²) in [4.78, 5) is 12.2. The Balaban J connectivity index is 1.79. The van der Waals surface area contributed by atoms with E-state index >= 15 is 0 Å². The van der Waals surface area contributed by atoms with Gasteiger partial charge in [-0.05, 0) is 16.8 Å². The molecule has 5 heteroatoms. The monoisotopic (exact) mass is 300 g/mol. The standard InChI is InChI=1S/C17H20N2O3/c1-21-15-7-6-12-4-2-3-5-13(12)14(15)10-19-17(20)16-11-18-8-9-22-16/h2-7,16,18H,8-11H2,1H3,(H,19,20). The minimum Gasteiger partial charge on any atom is -0.496 e. The lowest BCUT2D eigenvalue weighted by Gasteiger charge is -2.23. The molecule has 116 valence electrons. The normalized spacial score (nSPS) is 18.1. The topological polar surface area (TPSA) is 59.6 Å². The zero-order valence-electron chi connectivity index (χ0n) is 12.6. The number of hydrogen-bond donors (Lipinski definition) is 2. The fourth-order valence-corrected chi connectivity index (χ4v) is 2.71. The number of rotatable bonds is 4. The summed E-state index contributed by atoms with van der Waals surface area (Å²) >= 11 is 0. The van der Waals surface area contributed by atoms with Crippen LogP contribution in [0.5, 0.6) is 5.75 Å². The Hall–Kier alpha value is -2.11. The van der Waals surface area contributed by atoms with Crippen molar-refractivity contribution >= 4 is 16.7 Å². The second-order valence-electron chi connectivity index (χ2n) is 5.25. The van der Waals surface area contributed by atoms with Crippen LogP contribution < -0.4 is 15.4 Å². The Morgan fingerprint density at radius 3 is 3.00 bits per heavy atom. The molecule has 1 atom stereocenters. The van der Waals surface area contributed by atoms with Gasteiger partial charge in [0.25, 0.3) is 5.91 Å². The van der Waals surface area contributed by atoms with Gasteiger partial charge in [0, 0.05) is 25.2 Å². The van der Waals surface area contributed by atoms with Crippen LogP contribution in [0.4, 0.5) is 0 Å². The predicted molar refractivity (Wildman–Crippen MR) is 85.0 cm³/mol. The number of hydrogen-bond acceptors (Lipinski definition) is 4. The number of methoxy groups -OCH3 is 1. The second kappa shape index (κ2) is 6.77. The molecule has 0 radical (unpaired) electrons. The van der Waals surface area contributed by atoms with Crippen molar-refractivity contribution in [3.8, 4) is 5.75 Å². The van der Waals surface area contributed by atoms with Crippen molar-refractivity contribution < 1.29 is 14.3 Å². The van der Waals surface area contributed by atoms with Gasteiger partial charge in [-0.15, -0.1) is 0 Å². The molecule has 22 heavy (non-hydrogen) atoms. The Kier molecular flexibility index (Phi) is 4.56. The predicted octanol–water partition coefficient (Wildman–Crippen LogP) is 1.45. The summed E-state index contributed by atoms with van der Waals surface area (Å²) in [6.45, 7) is 2.33. The van der Waals surface area contributed by atoms with Crippen molar-refractivity contribution in [3.05, 3.63) is 42.0 Å². The third-order valence-corrected chi connectivity index (χ3v) is 3.88. The van der Waals surface area contributed by atoms with Crippen LogP contribution in [-0.4, -0.2) is 38.8 Å². The van der Waals surface area contributed by atoms with E-state index in [1.165, 1.54) is 0 Å². The number of carbonyl (C=O) groups is 1. The second-order valence-corrected chi connectivity index (χ2v) is 5.25. The zero-order valence-corrected chi connectivity index (χ0v) is 12.6. The first kappa shape index (κ1) is 14.8. The summed E-state index contributed by atoms with van der Waals surface area (Å²) in [6.07, 6.45) is -0.422. The highest BCUT2D eigenvalue weighted by atomic mass is 16.5. The van der Waals surface area contributed by atoms with Gasteiger partial charge in [0.15, 0.2) is 0 Å². The van der Waals surface area contributed by atoms with E-state index in [-0.39, 0.29) is 5.91 Å². The third kappa shape index (κ3) is 3.05. The van der Waals surface area contributed by atoms with E-state index in [1.807, 2.05) is 36.4 Å². The molecule has 0 aromatic heterocycles.